The van der Waals surface area contributed by atoms with Gasteiger partial charge in [-0.1, -0.05) is 50.6 Å². The molecule has 0 spiro atoms. The molecule has 5 saturated heterocycles. The number of hydrogen-bond acceptors (Lipinski definition) is 37. The second-order valence-corrected chi connectivity index (χ2v) is 37.9. The Hall–Kier alpha value is -4.69. The molecule has 0 aliphatic carbocycles. The number of halogens is 1. The Balaban J connectivity index is 0.813. The smallest absolute Gasteiger partial charge is 0.386 e. The molecule has 11 rings (SSSR count). The predicted molar refractivity (Wildman–Crippen MR) is 394 cm³/mol. The van der Waals surface area contributed by atoms with Crippen molar-refractivity contribution in [1.29, 1.82) is 0 Å². The zero-order valence-electron chi connectivity index (χ0n) is 57.5. The summed E-state index contributed by atoms with van der Waals surface area (Å²) in [6.07, 6.45) is -12.4. The normalized spacial score (nSPS) is 29.7. The third kappa shape index (κ3) is 21.2. The van der Waals surface area contributed by atoms with Crippen LogP contribution in [0.25, 0.3) is 11.2 Å². The number of thiol groups is 3. The van der Waals surface area contributed by atoms with E-state index in [4.69, 9.17) is 109 Å². The molecule has 0 aromatic carbocycles. The Morgan fingerprint density at radius 2 is 1.11 bits per heavy atom. The molecule has 10 unspecified atom stereocenters. The predicted octanol–water partition coefficient (Wildman–Crippen LogP) is 1.67. The van der Waals surface area contributed by atoms with E-state index < -0.39 is 180 Å². The highest BCUT2D eigenvalue weighted by molar-refractivity contribution is 9.12. The number of aryl methyl sites for hydroxylation is 1. The molecular weight excluding hydrogens is 1660 g/mol. The van der Waals surface area contributed by atoms with Crippen LogP contribution in [0.1, 0.15) is 76.4 Å². The lowest BCUT2D eigenvalue weighted by atomic mass is 9.89. The Bertz CT molecular complexity index is 4590. The number of ether oxygens (including phenoxy) is 7. The highest BCUT2D eigenvalue weighted by atomic mass is 79.9. The van der Waals surface area contributed by atoms with Gasteiger partial charge in [-0.05, 0) is 65.0 Å². The number of nitrogens with zero attached hydrogens (tertiary/aromatic N) is 9. The molecule has 5 aromatic rings. The lowest BCUT2D eigenvalue weighted by Crippen LogP contribution is -2.53. The van der Waals surface area contributed by atoms with E-state index >= 15 is 0 Å². The van der Waals surface area contributed by atoms with Crippen LogP contribution in [0.4, 0.5) is 17.6 Å². The van der Waals surface area contributed by atoms with Gasteiger partial charge in [-0.2, -0.15) is 15.0 Å². The number of aromatic amines is 2. The average Bonchev–Trinajstić information content (AvgIpc) is 1.62. The maximum absolute atomic E-state index is 14.9. The number of carbonyl (C=O) groups excluding carboxylic acids is 1. The summed E-state index contributed by atoms with van der Waals surface area (Å²) in [6.45, 7) is -14.9. The van der Waals surface area contributed by atoms with Crippen LogP contribution in [0.2, 0.25) is 0 Å². The van der Waals surface area contributed by atoms with E-state index in [2.05, 4.69) is 87.9 Å². The van der Waals surface area contributed by atoms with Crippen molar-refractivity contribution in [2.24, 2.45) is 17.6 Å². The fourth-order valence-electron chi connectivity index (χ4n) is 12.5. The third-order valence-corrected chi connectivity index (χ3v) is 25.6. The number of amides is 1. The second-order valence-electron chi connectivity index (χ2n) is 25.5. The van der Waals surface area contributed by atoms with E-state index in [0.717, 1.165) is 9.13 Å². The van der Waals surface area contributed by atoms with Gasteiger partial charge in [0.25, 0.3) is 17.0 Å². The number of imidazole rings is 1. The number of fused-ring (bicyclic) bond motifs is 1. The van der Waals surface area contributed by atoms with Gasteiger partial charge < -0.3 is 90.1 Å². The van der Waals surface area contributed by atoms with E-state index in [1.54, 1.807) is 0 Å². The minimum Gasteiger partial charge on any atom is -0.394 e. The van der Waals surface area contributed by atoms with E-state index in [1.807, 2.05) is 13.8 Å². The summed E-state index contributed by atoms with van der Waals surface area (Å²) in [5.74, 6) is -1.23. The van der Waals surface area contributed by atoms with Crippen molar-refractivity contribution in [3.8, 4) is 0 Å². The van der Waals surface area contributed by atoms with Gasteiger partial charge >= 0.3 is 44.2 Å². The number of aliphatic hydroxyl groups excluding tert-OH is 2. The topological polar surface area (TPSA) is 564 Å². The number of rotatable bonds is 36. The van der Waals surface area contributed by atoms with Crippen molar-refractivity contribution in [3.63, 3.8) is 0 Å². The van der Waals surface area contributed by atoms with Crippen LogP contribution < -0.4 is 56.4 Å². The van der Waals surface area contributed by atoms with E-state index in [1.165, 1.54) is 64.2 Å². The number of aliphatic hydroxyl groups is 2. The van der Waals surface area contributed by atoms with Crippen molar-refractivity contribution in [1.82, 2.24) is 58.4 Å². The number of hydrogen-bond donors (Lipinski definition) is 12. The lowest BCUT2D eigenvalue weighted by Gasteiger charge is -2.34. The molecular formula is C56H81BrN16O27P4S4. The summed E-state index contributed by atoms with van der Waals surface area (Å²) >= 11 is 22.1. The standard InChI is InChI=1S/C56H81BrN16O27P4S4/c1-27(2)29-14-42(69-7-4-40(59)63-53(69)78)93-36(29)22-91-104(108,87-13-12-86-11-10-85-9-6-58)100-34-18-44(71-19-28(3)49(75)67-55(71)80)95-39(34)25-90-103(84,107)99-33-17-46(73-26-62-47-48(73)65-52(61)66-51(47)77)96-38(33)24-89-102(83,106)98-32-16-43(70-8-5-41(60)64-54(70)79)94-37(32)23-88-101(82,105)97-31-15-45(92-35(31)21-74)72-20-30(57)50(76)68-56(72)81/h4-5,7-8,19-20,26-27,29,31-39,42-46,56,74,81H,6,9-18,21-25,58H2,1-3H3,(H,68,76)(H,82,105)(H,83,106)(H,84,107)(H2,59,63,78)(H2,60,64,79)(H,67,75,80)(H3,61,65,66,77)/t29?,31?,32?,33?,34?,35-,36-,37-,38-,39-,42-,43-,44-,45-,46-,56?,101?,102?,103?,104?/m1/s1. The first kappa shape index (κ1) is 84.2. The zero-order valence-corrected chi connectivity index (χ0v) is 66.2. The number of carbonyl (C=O) groups is 1. The summed E-state index contributed by atoms with van der Waals surface area (Å²) in [7, 11) is 0. The fourth-order valence-corrected chi connectivity index (χ4v) is 19.5. The van der Waals surface area contributed by atoms with Gasteiger partial charge in [0.1, 0.15) is 85.5 Å². The van der Waals surface area contributed by atoms with Gasteiger partial charge in [0.15, 0.2) is 11.2 Å². The van der Waals surface area contributed by atoms with Gasteiger partial charge in [-0.25, -0.2) is 33.1 Å². The first-order valence-corrected chi connectivity index (χ1v) is 44.8. The molecule has 13 N–H and O–H groups in total. The molecule has 108 heavy (non-hydrogen) atoms. The molecule has 52 heteroatoms. The Labute approximate surface area is 641 Å². The minimum atomic E-state index is -4.76. The van der Waals surface area contributed by atoms with Crippen LogP contribution in [0.15, 0.2) is 71.7 Å². The van der Waals surface area contributed by atoms with E-state index in [0.29, 0.717) is 19.6 Å². The van der Waals surface area contributed by atoms with Crippen molar-refractivity contribution in [3.05, 3.63) is 105 Å². The Morgan fingerprint density at radius 1 is 0.630 bits per heavy atom. The highest BCUT2D eigenvalue weighted by Crippen LogP contribution is 2.61. The molecule has 43 nitrogen and oxygen atoms in total. The minimum absolute atomic E-state index is 0.0132. The molecule has 0 saturated carbocycles. The molecule has 598 valence electrons. The summed E-state index contributed by atoms with van der Waals surface area (Å²) in [6, 6.07) is 2.77. The molecule has 0 bridgehead atoms. The molecule has 11 heterocycles. The van der Waals surface area contributed by atoms with E-state index in [-0.39, 0.29) is 109 Å². The monoisotopic (exact) mass is 1740 g/mol. The van der Waals surface area contributed by atoms with Crippen LogP contribution in [0, 0.1) is 18.8 Å². The molecule has 5 aromatic heterocycles. The van der Waals surface area contributed by atoms with Crippen LogP contribution in [0.3, 0.4) is 0 Å². The van der Waals surface area contributed by atoms with Crippen LogP contribution >= 0.6 is 79.8 Å². The summed E-state index contributed by atoms with van der Waals surface area (Å²) < 4.78 is 146. The molecule has 0 radical (unpaired) electrons. The summed E-state index contributed by atoms with van der Waals surface area (Å²) in [5.41, 5.74) is 19.3. The lowest BCUT2D eigenvalue weighted by molar-refractivity contribution is -0.142. The quantitative estimate of drug-likeness (QED) is 0.0154. The number of nitrogen functional groups attached to an aromatic ring is 3. The maximum atomic E-state index is 14.9. The van der Waals surface area contributed by atoms with Crippen LogP contribution in [-0.2, 0) is 104 Å². The van der Waals surface area contributed by atoms with Crippen molar-refractivity contribution >= 4 is 126 Å². The van der Waals surface area contributed by atoms with Gasteiger partial charge in [-0.3, -0.25) is 69.8 Å². The third-order valence-electron chi connectivity index (χ3n) is 17.7. The molecule has 20 atom stereocenters. The number of nitrogens with two attached hydrogens (primary N) is 4. The highest BCUT2D eigenvalue weighted by Gasteiger charge is 2.50. The molecule has 6 aliphatic rings. The van der Waals surface area contributed by atoms with Crippen LogP contribution in [-0.4, -0.2) is 209 Å². The number of H-pyrrole nitrogens is 2. The maximum Gasteiger partial charge on any atom is 0.386 e. The SMILES string of the molecule is Cc1cn([C@H]2CC(OP(=S)(OCCOCCOCCN)OC[C@H]3O[C@@H](n4ccc(N)nc4=O)CC3C(C)C)[C@@H](COP(=O)(S)OC3C[C@H](n4cnc5c(=O)[nH]c(N)nc54)O[C@@H]3COP(=O)(S)OC3C[C@H](n4ccc(N)nc4=O)O[C@@H]3COP(=O)(S)OC3C[C@H](N4C=C(Br)C(=O)NC4O)O[C@@H]3CO)O2)c(=O)[nH]c1=O. The molecule has 5 fully saturated rings. The first-order valence-electron chi connectivity index (χ1n) is 33.3. The number of nitrogens with one attached hydrogen (secondary N) is 3. The Kier molecular flexibility index (Phi) is 28.2. The number of aromatic nitrogens is 10. The average molecular weight is 1740 g/mol. The van der Waals surface area contributed by atoms with Gasteiger partial charge in [0.05, 0.1) is 89.1 Å². The number of anilines is 3. The molecule has 1 amide bonds. The van der Waals surface area contributed by atoms with Crippen molar-refractivity contribution in [2.45, 2.75) is 145 Å². The summed E-state index contributed by atoms with van der Waals surface area (Å²) in [5, 5.41) is 23.1. The fraction of sp³-hybridized carbons (Fsp3) is 0.643. The Morgan fingerprint density at radius 3 is 1.66 bits per heavy atom. The van der Waals surface area contributed by atoms with Crippen molar-refractivity contribution < 1.29 is 103 Å². The summed E-state index contributed by atoms with van der Waals surface area (Å²) in [4.78, 5) is 99.3. The first-order chi connectivity index (χ1) is 51.2. The van der Waals surface area contributed by atoms with Gasteiger partial charge in [0.2, 0.25) is 12.3 Å². The van der Waals surface area contributed by atoms with Gasteiger partial charge in [0, 0.05) is 62.6 Å². The second kappa shape index (κ2) is 36.2. The van der Waals surface area contributed by atoms with Crippen LogP contribution in [0.5, 0.6) is 0 Å². The molecule has 6 aliphatic heterocycles. The van der Waals surface area contributed by atoms with Gasteiger partial charge in [-0.15, -0.1) is 0 Å². The van der Waals surface area contributed by atoms with Crippen molar-refractivity contribution in [2.75, 3.05) is 89.8 Å². The van der Waals surface area contributed by atoms with E-state index in [9.17, 15) is 52.7 Å². The zero-order chi connectivity index (χ0) is 77.7. The largest absolute Gasteiger partial charge is 0.394 e.